The summed E-state index contributed by atoms with van der Waals surface area (Å²) in [6.07, 6.45) is 3.24. The van der Waals surface area contributed by atoms with Crippen LogP contribution in [0.4, 0.5) is 0 Å². The average molecular weight is 364 g/mol. The Morgan fingerprint density at radius 2 is 1.89 bits per heavy atom. The third-order valence-electron chi connectivity index (χ3n) is 5.13. The summed E-state index contributed by atoms with van der Waals surface area (Å²) < 4.78 is 6.87. The standard InChI is InChI=1S/C22H24N2O3/c1-16-8-10-17(11-9-16)15-24(18-12-13-18)21(25)7-4-14-23-19-5-2-3-6-20(19)27-22(23)26/h2-3,5-6,8-11,18H,4,7,12-15H2,1H3. The zero-order chi connectivity index (χ0) is 18.8. The molecule has 1 aliphatic rings. The fourth-order valence-electron chi connectivity index (χ4n) is 3.46. The number of fused-ring (bicyclic) bond motifs is 1. The Hall–Kier alpha value is -2.82. The Bertz CT molecular complexity index is 996. The second kappa shape index (κ2) is 7.43. The molecule has 0 N–H and O–H groups in total. The lowest BCUT2D eigenvalue weighted by Crippen LogP contribution is -2.32. The molecule has 0 unspecified atom stereocenters. The second-order valence-electron chi connectivity index (χ2n) is 7.33. The van der Waals surface area contributed by atoms with Crippen LogP contribution in [-0.4, -0.2) is 21.4 Å². The van der Waals surface area contributed by atoms with E-state index < -0.39 is 0 Å². The summed E-state index contributed by atoms with van der Waals surface area (Å²) in [7, 11) is 0. The van der Waals surface area contributed by atoms with Gasteiger partial charge in [0.2, 0.25) is 5.91 Å². The van der Waals surface area contributed by atoms with Gasteiger partial charge in [0.25, 0.3) is 0 Å². The fraction of sp³-hybridized carbons (Fsp3) is 0.364. The number of aromatic nitrogens is 1. The van der Waals surface area contributed by atoms with Gasteiger partial charge in [0.05, 0.1) is 5.52 Å². The van der Waals surface area contributed by atoms with E-state index in [2.05, 4.69) is 31.2 Å². The number of hydrogen-bond acceptors (Lipinski definition) is 3. The van der Waals surface area contributed by atoms with Gasteiger partial charge in [-0.05, 0) is 43.9 Å². The summed E-state index contributed by atoms with van der Waals surface area (Å²) >= 11 is 0. The molecule has 0 saturated heterocycles. The maximum atomic E-state index is 12.8. The Morgan fingerprint density at radius 1 is 1.15 bits per heavy atom. The number of nitrogens with zero attached hydrogens (tertiary/aromatic N) is 2. The van der Waals surface area contributed by atoms with E-state index in [0.717, 1.165) is 23.9 Å². The van der Waals surface area contributed by atoms with Gasteiger partial charge in [-0.1, -0.05) is 42.0 Å². The van der Waals surface area contributed by atoms with Gasteiger partial charge in [0.15, 0.2) is 5.58 Å². The van der Waals surface area contributed by atoms with Crippen molar-refractivity contribution in [3.63, 3.8) is 0 Å². The largest absolute Gasteiger partial charge is 0.419 e. The molecule has 1 amide bonds. The van der Waals surface area contributed by atoms with Crippen LogP contribution in [-0.2, 0) is 17.9 Å². The van der Waals surface area contributed by atoms with Crippen molar-refractivity contribution in [2.24, 2.45) is 0 Å². The molecule has 3 aromatic rings. The molecule has 0 bridgehead atoms. The topological polar surface area (TPSA) is 55.5 Å². The van der Waals surface area contributed by atoms with Crippen molar-refractivity contribution in [2.45, 2.75) is 51.7 Å². The zero-order valence-electron chi connectivity index (χ0n) is 15.6. The molecular weight excluding hydrogens is 340 g/mol. The van der Waals surface area contributed by atoms with Gasteiger partial charge in [0.1, 0.15) is 0 Å². The minimum absolute atomic E-state index is 0.166. The number of benzene rings is 2. The third kappa shape index (κ3) is 3.97. The highest BCUT2D eigenvalue weighted by Crippen LogP contribution is 2.29. The van der Waals surface area contributed by atoms with Crippen molar-refractivity contribution in [3.05, 3.63) is 70.2 Å². The maximum Gasteiger partial charge on any atom is 0.419 e. The number of amides is 1. The molecule has 1 fully saturated rings. The molecule has 140 valence electrons. The molecule has 1 heterocycles. The lowest BCUT2D eigenvalue weighted by atomic mass is 10.1. The van der Waals surface area contributed by atoms with Crippen molar-refractivity contribution >= 4 is 17.0 Å². The molecule has 1 aromatic heterocycles. The average Bonchev–Trinajstić information content (AvgIpc) is 3.45. The van der Waals surface area contributed by atoms with Gasteiger partial charge in [-0.25, -0.2) is 4.79 Å². The van der Waals surface area contributed by atoms with Gasteiger partial charge in [-0.3, -0.25) is 9.36 Å². The zero-order valence-corrected chi connectivity index (χ0v) is 15.6. The van der Waals surface area contributed by atoms with Crippen molar-refractivity contribution in [2.75, 3.05) is 0 Å². The quantitative estimate of drug-likeness (QED) is 0.639. The molecule has 0 spiro atoms. The first-order valence-corrected chi connectivity index (χ1v) is 9.55. The van der Waals surface area contributed by atoms with Crippen LogP contribution in [0.3, 0.4) is 0 Å². The molecule has 4 rings (SSSR count). The van der Waals surface area contributed by atoms with E-state index in [1.807, 2.05) is 23.1 Å². The highest BCUT2D eigenvalue weighted by molar-refractivity contribution is 5.77. The lowest BCUT2D eigenvalue weighted by Gasteiger charge is -2.23. The summed E-state index contributed by atoms with van der Waals surface area (Å²) in [6.45, 7) is 3.22. The number of hydrogen-bond donors (Lipinski definition) is 0. The Kier molecular flexibility index (Phi) is 4.84. The molecule has 27 heavy (non-hydrogen) atoms. The van der Waals surface area contributed by atoms with E-state index >= 15 is 0 Å². The Balaban J connectivity index is 1.39. The van der Waals surface area contributed by atoms with Crippen LogP contribution in [0.2, 0.25) is 0 Å². The first-order valence-electron chi connectivity index (χ1n) is 9.55. The number of para-hydroxylation sites is 2. The first kappa shape index (κ1) is 17.6. The summed E-state index contributed by atoms with van der Waals surface area (Å²) in [5, 5.41) is 0. The second-order valence-corrected chi connectivity index (χ2v) is 7.33. The van der Waals surface area contributed by atoms with Gasteiger partial charge in [-0.2, -0.15) is 0 Å². The summed E-state index contributed by atoms with van der Waals surface area (Å²) in [5.41, 5.74) is 3.76. The van der Waals surface area contributed by atoms with E-state index in [0.29, 0.717) is 37.6 Å². The van der Waals surface area contributed by atoms with Crippen molar-refractivity contribution in [3.8, 4) is 0 Å². The van der Waals surface area contributed by atoms with E-state index in [1.165, 1.54) is 5.56 Å². The van der Waals surface area contributed by atoms with Gasteiger partial charge >= 0.3 is 5.76 Å². The van der Waals surface area contributed by atoms with Crippen LogP contribution < -0.4 is 5.76 Å². The van der Waals surface area contributed by atoms with Crippen molar-refractivity contribution < 1.29 is 9.21 Å². The Labute approximate surface area is 158 Å². The summed E-state index contributed by atoms with van der Waals surface area (Å²) in [5.74, 6) is -0.193. The normalized spacial score (nSPS) is 13.8. The van der Waals surface area contributed by atoms with Gasteiger partial charge < -0.3 is 9.32 Å². The van der Waals surface area contributed by atoms with Crippen LogP contribution in [0, 0.1) is 6.92 Å². The highest BCUT2D eigenvalue weighted by Gasteiger charge is 2.32. The molecule has 2 aromatic carbocycles. The number of aryl methyl sites for hydroxylation is 2. The fourth-order valence-corrected chi connectivity index (χ4v) is 3.46. The number of carbonyl (C=O) groups excluding carboxylic acids is 1. The van der Waals surface area contributed by atoms with E-state index in [9.17, 15) is 9.59 Å². The van der Waals surface area contributed by atoms with Crippen LogP contribution in [0.1, 0.15) is 36.8 Å². The third-order valence-corrected chi connectivity index (χ3v) is 5.13. The molecule has 5 nitrogen and oxygen atoms in total. The van der Waals surface area contributed by atoms with Crippen LogP contribution in [0.5, 0.6) is 0 Å². The summed E-state index contributed by atoms with van der Waals surface area (Å²) in [4.78, 5) is 26.8. The smallest absolute Gasteiger partial charge is 0.408 e. The monoisotopic (exact) mass is 364 g/mol. The molecular formula is C22H24N2O3. The van der Waals surface area contributed by atoms with Crippen molar-refractivity contribution in [1.82, 2.24) is 9.47 Å². The number of rotatable bonds is 7. The summed E-state index contributed by atoms with van der Waals surface area (Å²) in [6, 6.07) is 16.1. The number of oxazole rings is 1. The molecule has 1 aliphatic carbocycles. The van der Waals surface area contributed by atoms with Crippen LogP contribution >= 0.6 is 0 Å². The predicted molar refractivity (Wildman–Crippen MR) is 104 cm³/mol. The van der Waals surface area contributed by atoms with Crippen LogP contribution in [0.15, 0.2) is 57.7 Å². The molecule has 0 radical (unpaired) electrons. The maximum absolute atomic E-state index is 12.8. The molecule has 1 saturated carbocycles. The Morgan fingerprint density at radius 3 is 2.63 bits per heavy atom. The number of carbonyl (C=O) groups is 1. The highest BCUT2D eigenvalue weighted by atomic mass is 16.4. The molecule has 0 aliphatic heterocycles. The van der Waals surface area contributed by atoms with E-state index in [1.54, 1.807) is 10.6 Å². The van der Waals surface area contributed by atoms with E-state index in [4.69, 9.17) is 4.42 Å². The minimum Gasteiger partial charge on any atom is -0.408 e. The van der Waals surface area contributed by atoms with Crippen LogP contribution in [0.25, 0.3) is 11.1 Å². The molecule has 0 atom stereocenters. The van der Waals surface area contributed by atoms with E-state index in [-0.39, 0.29) is 11.7 Å². The van der Waals surface area contributed by atoms with Crippen molar-refractivity contribution in [1.29, 1.82) is 0 Å². The molecule has 5 heteroatoms. The first-order chi connectivity index (χ1) is 13.1. The van der Waals surface area contributed by atoms with Gasteiger partial charge in [-0.15, -0.1) is 0 Å². The SMILES string of the molecule is Cc1ccc(CN(C(=O)CCCn2c(=O)oc3ccccc32)C2CC2)cc1. The van der Waals surface area contributed by atoms with Gasteiger partial charge in [0, 0.05) is 25.6 Å². The lowest BCUT2D eigenvalue weighted by molar-refractivity contribution is -0.132. The predicted octanol–water partition coefficient (Wildman–Crippen LogP) is 3.87. The minimum atomic E-state index is -0.359.